The fourth-order valence-corrected chi connectivity index (χ4v) is 5.40. The normalized spacial score (nSPS) is 22.2. The van der Waals surface area contributed by atoms with Crippen LogP contribution in [0.25, 0.3) is 16.7 Å². The lowest BCUT2D eigenvalue weighted by Gasteiger charge is -2.25. The van der Waals surface area contributed by atoms with Gasteiger partial charge in [-0.3, -0.25) is 14.2 Å². The number of halogens is 2. The van der Waals surface area contributed by atoms with Crippen molar-refractivity contribution in [3.8, 4) is 5.69 Å². The van der Waals surface area contributed by atoms with E-state index in [4.69, 9.17) is 0 Å². The summed E-state index contributed by atoms with van der Waals surface area (Å²) in [5.41, 5.74) is -0.151. The average Bonchev–Trinajstić information content (AvgIpc) is 3.34. The molecule has 7 heteroatoms. The second-order valence-corrected chi connectivity index (χ2v) is 8.90. The van der Waals surface area contributed by atoms with Crippen molar-refractivity contribution in [3.05, 3.63) is 63.9 Å². The number of benzene rings is 1. The van der Waals surface area contributed by atoms with Crippen LogP contribution in [0.2, 0.25) is 0 Å². The molecule has 0 amide bonds. The maximum Gasteiger partial charge on any atom is 0.201 e. The zero-order valence-corrected chi connectivity index (χ0v) is 17.3. The fraction of sp³-hybridized carbons (Fsp3) is 0.375. The van der Waals surface area contributed by atoms with Gasteiger partial charge in [0.25, 0.3) is 0 Å². The Bertz CT molecular complexity index is 1260. The predicted molar refractivity (Wildman–Crippen MR) is 115 cm³/mol. The summed E-state index contributed by atoms with van der Waals surface area (Å²) < 4.78 is 29.5. The summed E-state index contributed by atoms with van der Waals surface area (Å²) in [7, 11) is 1.68. The maximum absolute atomic E-state index is 14.7. The Morgan fingerprint density at radius 1 is 1.23 bits per heavy atom. The quantitative estimate of drug-likeness (QED) is 0.596. The van der Waals surface area contributed by atoms with Gasteiger partial charge in [0.2, 0.25) is 5.43 Å². The summed E-state index contributed by atoms with van der Waals surface area (Å²) in [5.74, 6) is -0.540. The predicted octanol–water partition coefficient (Wildman–Crippen LogP) is 4.86. The summed E-state index contributed by atoms with van der Waals surface area (Å²) in [5, 5.41) is 3.12. The first-order valence-electron chi connectivity index (χ1n) is 10.6. The minimum absolute atomic E-state index is 0.0106. The van der Waals surface area contributed by atoms with Crippen molar-refractivity contribution in [1.82, 2.24) is 9.55 Å². The minimum atomic E-state index is -0.798. The number of aromatic nitrogens is 2. The Balaban J connectivity index is 1.68. The molecule has 2 heterocycles. The van der Waals surface area contributed by atoms with Gasteiger partial charge >= 0.3 is 0 Å². The molecular weight excluding hydrogens is 400 g/mol. The number of hydrogen-bond donors (Lipinski definition) is 1. The number of nitrogens with zero attached hydrogens (tertiary/aromatic N) is 2. The third kappa shape index (κ3) is 3.32. The lowest BCUT2D eigenvalue weighted by Crippen LogP contribution is -2.25. The first-order chi connectivity index (χ1) is 14.9. The minimum Gasteiger partial charge on any atom is -0.373 e. The van der Waals surface area contributed by atoms with Crippen molar-refractivity contribution >= 4 is 22.6 Å². The van der Waals surface area contributed by atoms with E-state index >= 15 is 0 Å². The number of carbonyl (C=O) groups is 1. The van der Waals surface area contributed by atoms with Crippen LogP contribution in [0, 0.1) is 23.0 Å². The van der Waals surface area contributed by atoms with Crippen molar-refractivity contribution < 1.29 is 13.6 Å². The molecule has 2 aromatic heterocycles. The molecule has 1 aromatic carbocycles. The molecule has 2 aliphatic rings. The van der Waals surface area contributed by atoms with Gasteiger partial charge in [-0.2, -0.15) is 0 Å². The SMILES string of the molecule is CNc1ccc2c(=O)c(C(=O)CC34CCC(CC3)C4)cn(-c3ccc(F)cc3F)c2n1. The van der Waals surface area contributed by atoms with E-state index in [9.17, 15) is 18.4 Å². The number of pyridine rings is 2. The van der Waals surface area contributed by atoms with E-state index in [0.717, 1.165) is 44.2 Å². The Kier molecular flexibility index (Phi) is 4.64. The molecule has 3 aromatic rings. The van der Waals surface area contributed by atoms with Crippen molar-refractivity contribution in [2.45, 2.75) is 38.5 Å². The van der Waals surface area contributed by atoms with Crippen LogP contribution >= 0.6 is 0 Å². The van der Waals surface area contributed by atoms with E-state index in [-0.39, 0.29) is 33.5 Å². The number of hydrogen-bond acceptors (Lipinski definition) is 4. The first-order valence-corrected chi connectivity index (χ1v) is 10.6. The molecule has 2 saturated carbocycles. The van der Waals surface area contributed by atoms with Crippen LogP contribution in [-0.4, -0.2) is 22.4 Å². The molecule has 0 aliphatic heterocycles. The molecule has 0 radical (unpaired) electrons. The highest BCUT2D eigenvalue weighted by Crippen LogP contribution is 2.56. The Morgan fingerprint density at radius 2 is 2.00 bits per heavy atom. The molecule has 0 saturated heterocycles. The van der Waals surface area contributed by atoms with Gasteiger partial charge < -0.3 is 5.32 Å². The molecule has 2 aliphatic carbocycles. The van der Waals surface area contributed by atoms with Gasteiger partial charge in [0, 0.05) is 25.7 Å². The zero-order chi connectivity index (χ0) is 21.8. The highest BCUT2D eigenvalue weighted by molar-refractivity contribution is 5.99. The first kappa shape index (κ1) is 19.8. The number of ketones is 1. The van der Waals surface area contributed by atoms with Crippen molar-refractivity contribution in [3.63, 3.8) is 0 Å². The highest BCUT2D eigenvalue weighted by atomic mass is 19.1. The van der Waals surface area contributed by atoms with E-state index in [0.29, 0.717) is 18.2 Å². The van der Waals surface area contributed by atoms with Gasteiger partial charge in [0.05, 0.1) is 16.6 Å². The van der Waals surface area contributed by atoms with Crippen LogP contribution in [-0.2, 0) is 0 Å². The third-order valence-corrected chi connectivity index (χ3v) is 7.00. The smallest absolute Gasteiger partial charge is 0.201 e. The lowest BCUT2D eigenvalue weighted by atomic mass is 9.79. The Morgan fingerprint density at radius 3 is 2.65 bits per heavy atom. The maximum atomic E-state index is 14.7. The summed E-state index contributed by atoms with van der Waals surface area (Å²) in [6.45, 7) is 0. The molecule has 5 nitrogen and oxygen atoms in total. The van der Waals surface area contributed by atoms with Crippen molar-refractivity contribution in [2.75, 3.05) is 12.4 Å². The van der Waals surface area contributed by atoms with Gasteiger partial charge in [-0.05, 0) is 67.7 Å². The summed E-state index contributed by atoms with van der Waals surface area (Å²) in [6.07, 6.45) is 7.07. The van der Waals surface area contributed by atoms with Gasteiger partial charge in [-0.1, -0.05) is 0 Å². The molecular formula is C24H23F2N3O2. The molecule has 160 valence electrons. The van der Waals surface area contributed by atoms with E-state index in [1.165, 1.54) is 16.8 Å². The summed E-state index contributed by atoms with van der Waals surface area (Å²) in [6, 6.07) is 6.43. The monoisotopic (exact) mass is 423 g/mol. The van der Waals surface area contributed by atoms with Gasteiger partial charge in [0.15, 0.2) is 11.4 Å². The number of anilines is 1. The molecule has 5 rings (SSSR count). The average molecular weight is 423 g/mol. The summed E-state index contributed by atoms with van der Waals surface area (Å²) in [4.78, 5) is 30.9. The van der Waals surface area contributed by atoms with E-state index in [1.54, 1.807) is 19.2 Å². The number of carbonyl (C=O) groups excluding carboxylic acids is 1. The molecule has 0 atom stereocenters. The van der Waals surface area contributed by atoms with Crippen molar-refractivity contribution in [1.29, 1.82) is 0 Å². The number of nitrogens with one attached hydrogen (secondary N) is 1. The van der Waals surface area contributed by atoms with Crippen LogP contribution < -0.4 is 10.7 Å². The van der Waals surface area contributed by atoms with E-state index in [2.05, 4.69) is 10.3 Å². The standard InChI is InChI=1S/C24H23F2N3O2/c1-27-21-5-3-16-22(31)17(20(30)12-24-8-6-14(11-24)7-9-24)13-29(23(16)28-21)19-4-2-15(25)10-18(19)26/h2-5,10,13-14H,6-9,11-12H2,1H3,(H,27,28). The molecule has 2 fully saturated rings. The van der Waals surface area contributed by atoms with Crippen LogP contribution in [0.4, 0.5) is 14.6 Å². The second kappa shape index (κ2) is 7.25. The van der Waals surface area contributed by atoms with Crippen LogP contribution in [0.3, 0.4) is 0 Å². The fourth-order valence-electron chi connectivity index (χ4n) is 5.40. The third-order valence-electron chi connectivity index (χ3n) is 7.00. The highest BCUT2D eigenvalue weighted by Gasteiger charge is 2.46. The molecule has 31 heavy (non-hydrogen) atoms. The number of fused-ring (bicyclic) bond motifs is 3. The van der Waals surface area contributed by atoms with Gasteiger partial charge in [-0.25, -0.2) is 13.8 Å². The van der Waals surface area contributed by atoms with Crippen LogP contribution in [0.15, 0.2) is 41.3 Å². The summed E-state index contributed by atoms with van der Waals surface area (Å²) >= 11 is 0. The molecule has 0 spiro atoms. The van der Waals surface area contributed by atoms with Crippen molar-refractivity contribution in [2.24, 2.45) is 11.3 Å². The van der Waals surface area contributed by atoms with Crippen LogP contribution in [0.5, 0.6) is 0 Å². The Labute approximate surface area is 178 Å². The van der Waals surface area contributed by atoms with Crippen LogP contribution in [0.1, 0.15) is 48.9 Å². The molecule has 2 bridgehead atoms. The largest absolute Gasteiger partial charge is 0.373 e. The van der Waals surface area contributed by atoms with E-state index < -0.39 is 17.1 Å². The van der Waals surface area contributed by atoms with Gasteiger partial charge in [0.1, 0.15) is 17.5 Å². The second-order valence-electron chi connectivity index (χ2n) is 8.90. The lowest BCUT2D eigenvalue weighted by molar-refractivity contribution is 0.0912. The van der Waals surface area contributed by atoms with E-state index in [1.807, 2.05) is 0 Å². The topological polar surface area (TPSA) is 64.0 Å². The number of rotatable bonds is 5. The molecule has 0 unspecified atom stereocenters. The Hall–Kier alpha value is -3.09. The molecule has 1 N–H and O–H groups in total. The van der Waals surface area contributed by atoms with Gasteiger partial charge in [-0.15, -0.1) is 0 Å². The number of Topliss-reactive ketones (excluding diaryl/α,β-unsaturated/α-hetero) is 1. The zero-order valence-electron chi connectivity index (χ0n) is 17.3.